The second-order valence-corrected chi connectivity index (χ2v) is 12.7. The van der Waals surface area contributed by atoms with Gasteiger partial charge in [0, 0.05) is 19.5 Å². The molecule has 184 valence electrons. The summed E-state index contributed by atoms with van der Waals surface area (Å²) in [7, 11) is -7.33. The second kappa shape index (κ2) is 9.49. The SMILES string of the molecule is CN(c1nc(Cl)nn2c([C@@H]3O[C@H](COP(=O)(O)CP(=O)(O)O)C[C@H]3O)cnc12)C1CCCC1. The molecule has 2 fully saturated rings. The number of hydrogen-bond acceptors (Lipinski definition) is 9. The normalized spacial score (nSPS) is 26.2. The fraction of sp³-hybridized carbons (Fsp3) is 0.706. The van der Waals surface area contributed by atoms with Crippen molar-refractivity contribution in [3.8, 4) is 0 Å². The van der Waals surface area contributed by atoms with E-state index < -0.39 is 46.0 Å². The number of nitrogens with zero attached hydrogens (tertiary/aromatic N) is 5. The summed E-state index contributed by atoms with van der Waals surface area (Å²) in [5, 5.41) is 14.8. The average Bonchev–Trinajstić information content (AvgIpc) is 3.43. The van der Waals surface area contributed by atoms with Crippen LogP contribution in [0.15, 0.2) is 6.20 Å². The predicted molar refractivity (Wildman–Crippen MR) is 117 cm³/mol. The smallest absolute Gasteiger partial charge is 0.340 e. The lowest BCUT2D eigenvalue weighted by Gasteiger charge is -2.25. The summed E-state index contributed by atoms with van der Waals surface area (Å²) in [4.78, 5) is 38.3. The van der Waals surface area contributed by atoms with Crippen LogP contribution in [0.4, 0.5) is 5.82 Å². The summed E-state index contributed by atoms with van der Waals surface area (Å²) in [6, 6.07) is 0.317. The van der Waals surface area contributed by atoms with Gasteiger partial charge in [-0.1, -0.05) is 12.8 Å². The highest BCUT2D eigenvalue weighted by molar-refractivity contribution is 7.70. The Morgan fingerprint density at radius 1 is 1.30 bits per heavy atom. The van der Waals surface area contributed by atoms with E-state index in [2.05, 4.69) is 15.1 Å². The Bertz CT molecular complexity index is 1110. The Morgan fingerprint density at radius 3 is 2.67 bits per heavy atom. The van der Waals surface area contributed by atoms with Crippen molar-refractivity contribution in [3.05, 3.63) is 17.2 Å². The molecule has 33 heavy (non-hydrogen) atoms. The summed E-state index contributed by atoms with van der Waals surface area (Å²) >= 11 is 6.18. The van der Waals surface area contributed by atoms with Crippen LogP contribution in [0.2, 0.25) is 5.28 Å². The van der Waals surface area contributed by atoms with Crippen molar-refractivity contribution in [2.45, 2.75) is 56.5 Å². The van der Waals surface area contributed by atoms with Gasteiger partial charge in [0.25, 0.3) is 0 Å². The lowest BCUT2D eigenvalue weighted by Crippen LogP contribution is -2.30. The van der Waals surface area contributed by atoms with Gasteiger partial charge in [-0.3, -0.25) is 9.13 Å². The molecule has 1 aliphatic heterocycles. The number of ether oxygens (including phenoxy) is 1. The quantitative estimate of drug-likeness (QED) is 0.367. The molecule has 16 heteroatoms. The Morgan fingerprint density at radius 2 is 2.00 bits per heavy atom. The van der Waals surface area contributed by atoms with Crippen molar-refractivity contribution in [1.82, 2.24) is 19.6 Å². The summed E-state index contributed by atoms with van der Waals surface area (Å²) < 4.78 is 35.0. The Kier molecular flexibility index (Phi) is 7.18. The van der Waals surface area contributed by atoms with Gasteiger partial charge in [-0.2, -0.15) is 4.98 Å². The molecule has 2 aliphatic rings. The molecule has 1 saturated heterocycles. The predicted octanol–water partition coefficient (Wildman–Crippen LogP) is 1.68. The van der Waals surface area contributed by atoms with Crippen molar-refractivity contribution in [1.29, 1.82) is 0 Å². The molecule has 2 aromatic heterocycles. The molecule has 0 radical (unpaired) electrons. The van der Waals surface area contributed by atoms with E-state index in [1.54, 1.807) is 0 Å². The van der Waals surface area contributed by atoms with E-state index >= 15 is 0 Å². The van der Waals surface area contributed by atoms with Gasteiger partial charge in [0.05, 0.1) is 30.7 Å². The van der Waals surface area contributed by atoms with Crippen molar-refractivity contribution in [2.75, 3.05) is 24.5 Å². The van der Waals surface area contributed by atoms with Gasteiger partial charge >= 0.3 is 15.2 Å². The summed E-state index contributed by atoms with van der Waals surface area (Å²) in [5.41, 5.74) is 0.883. The third-order valence-corrected chi connectivity index (χ3v) is 9.48. The number of aliphatic hydroxyl groups excluding tert-OH is 1. The van der Waals surface area contributed by atoms with E-state index in [4.69, 9.17) is 30.6 Å². The molecule has 0 aromatic carbocycles. The maximum atomic E-state index is 11.9. The van der Waals surface area contributed by atoms with Crippen LogP contribution >= 0.6 is 26.8 Å². The molecule has 4 rings (SSSR count). The van der Waals surface area contributed by atoms with Gasteiger partial charge in [-0.05, 0) is 24.4 Å². The highest BCUT2D eigenvalue weighted by Crippen LogP contribution is 2.55. The van der Waals surface area contributed by atoms with E-state index in [-0.39, 0.29) is 11.7 Å². The minimum atomic E-state index is -4.74. The molecule has 1 unspecified atom stereocenters. The Hall–Kier alpha value is -1.14. The first-order valence-electron chi connectivity index (χ1n) is 10.4. The zero-order valence-electron chi connectivity index (χ0n) is 17.8. The van der Waals surface area contributed by atoms with Gasteiger partial charge in [-0.25, -0.2) is 9.50 Å². The van der Waals surface area contributed by atoms with Crippen LogP contribution in [-0.4, -0.2) is 77.2 Å². The third-order valence-electron chi connectivity index (χ3n) is 5.86. The largest absolute Gasteiger partial charge is 0.390 e. The lowest BCUT2D eigenvalue weighted by molar-refractivity contribution is -0.0110. The van der Waals surface area contributed by atoms with Gasteiger partial charge in [-0.15, -0.1) is 5.10 Å². The molecule has 4 N–H and O–H groups in total. The first-order valence-corrected chi connectivity index (χ1v) is 14.4. The number of hydrogen-bond donors (Lipinski definition) is 4. The van der Waals surface area contributed by atoms with Gasteiger partial charge < -0.3 is 33.9 Å². The average molecular weight is 526 g/mol. The van der Waals surface area contributed by atoms with Crippen LogP contribution in [0, 0.1) is 0 Å². The molecular weight excluding hydrogens is 500 g/mol. The number of rotatable bonds is 8. The number of imidazole rings is 1. The van der Waals surface area contributed by atoms with Gasteiger partial charge in [0.15, 0.2) is 17.4 Å². The van der Waals surface area contributed by atoms with Crippen LogP contribution in [0.1, 0.15) is 43.9 Å². The number of fused-ring (bicyclic) bond motifs is 1. The molecule has 3 heterocycles. The Balaban J connectivity index is 1.52. The highest BCUT2D eigenvalue weighted by atomic mass is 35.5. The maximum absolute atomic E-state index is 11.9. The van der Waals surface area contributed by atoms with E-state index in [0.717, 1.165) is 25.7 Å². The fourth-order valence-electron chi connectivity index (χ4n) is 4.35. The van der Waals surface area contributed by atoms with Crippen molar-refractivity contribution < 1.29 is 38.2 Å². The third kappa shape index (κ3) is 5.75. The molecule has 13 nitrogen and oxygen atoms in total. The first kappa shape index (κ1) is 25.0. The monoisotopic (exact) mass is 525 g/mol. The lowest BCUT2D eigenvalue weighted by atomic mass is 10.1. The summed E-state index contributed by atoms with van der Waals surface area (Å²) in [6.07, 6.45) is 3.30. The zero-order chi connectivity index (χ0) is 24.0. The standard InChI is InChI=1S/C17H26ClN5O8P2/c1-22(10-4-2-3-5-10)16-15-19-7-12(23(15)21-17(18)20-16)14-13(24)6-11(31-14)8-30-33(28,29)9-32(25,26)27/h7,10-11,13-14,24H,2-6,8-9H2,1H3,(H,28,29)(H2,25,26,27)/t11-,13+,14-/m0/s1. The maximum Gasteiger partial charge on any atom is 0.340 e. The molecule has 1 saturated carbocycles. The fourth-order valence-corrected chi connectivity index (χ4v) is 7.09. The van der Waals surface area contributed by atoms with Gasteiger partial charge in [0.1, 0.15) is 6.10 Å². The molecule has 2 aromatic rings. The number of aliphatic hydroxyl groups is 1. The minimum absolute atomic E-state index is 0.00706. The number of anilines is 1. The molecule has 0 bridgehead atoms. The van der Waals surface area contributed by atoms with Crippen molar-refractivity contribution in [3.63, 3.8) is 0 Å². The van der Waals surface area contributed by atoms with Crippen LogP contribution in [-0.2, 0) is 18.4 Å². The molecule has 1 aliphatic carbocycles. The Labute approximate surface area is 194 Å². The molecule has 0 amide bonds. The van der Waals surface area contributed by atoms with E-state index in [1.165, 1.54) is 10.7 Å². The van der Waals surface area contributed by atoms with Crippen molar-refractivity contribution >= 4 is 38.3 Å². The zero-order valence-corrected chi connectivity index (χ0v) is 20.3. The summed E-state index contributed by atoms with van der Waals surface area (Å²) in [5.74, 6) is -0.724. The summed E-state index contributed by atoms with van der Waals surface area (Å²) in [6.45, 7) is -0.427. The molecule has 0 spiro atoms. The van der Waals surface area contributed by atoms with Crippen LogP contribution < -0.4 is 4.90 Å². The van der Waals surface area contributed by atoms with E-state index in [0.29, 0.717) is 23.2 Å². The molecular formula is C17H26ClN5O8P2. The van der Waals surface area contributed by atoms with Crippen LogP contribution in [0.25, 0.3) is 5.65 Å². The van der Waals surface area contributed by atoms with Crippen molar-refractivity contribution in [2.24, 2.45) is 0 Å². The van der Waals surface area contributed by atoms with E-state index in [9.17, 15) is 19.1 Å². The first-order chi connectivity index (χ1) is 15.4. The topological polar surface area (TPSA) is 180 Å². The van der Waals surface area contributed by atoms with E-state index in [1.807, 2.05) is 11.9 Å². The second-order valence-electron chi connectivity index (χ2n) is 8.39. The minimum Gasteiger partial charge on any atom is -0.390 e. The number of aromatic nitrogens is 4. The molecule has 4 atom stereocenters. The highest BCUT2D eigenvalue weighted by Gasteiger charge is 2.40. The van der Waals surface area contributed by atoms with Gasteiger partial charge in [0.2, 0.25) is 5.28 Å². The van der Waals surface area contributed by atoms with Crippen LogP contribution in [0.5, 0.6) is 0 Å². The number of halogens is 1. The van der Waals surface area contributed by atoms with Crippen LogP contribution in [0.3, 0.4) is 0 Å².